The second-order valence-electron chi connectivity index (χ2n) is 4.40. The summed E-state index contributed by atoms with van der Waals surface area (Å²) in [6.07, 6.45) is 0. The summed E-state index contributed by atoms with van der Waals surface area (Å²) in [7, 11) is 2.08. The van der Waals surface area contributed by atoms with Crippen LogP contribution in [0.4, 0.5) is 5.69 Å². The lowest BCUT2D eigenvalue weighted by atomic mass is 10.2. The zero-order valence-corrected chi connectivity index (χ0v) is 11.8. The Morgan fingerprint density at radius 1 is 1.33 bits per heavy atom. The van der Waals surface area contributed by atoms with E-state index in [0.717, 1.165) is 30.7 Å². The number of nitrogens with zero attached hydrogens (tertiary/aromatic N) is 2. The van der Waals surface area contributed by atoms with Crippen molar-refractivity contribution < 1.29 is 9.90 Å². The van der Waals surface area contributed by atoms with Crippen molar-refractivity contribution in [2.24, 2.45) is 0 Å². The number of carboxylic acids is 1. The molecule has 1 aromatic carbocycles. The maximum atomic E-state index is 11.1. The molecule has 0 aliphatic carbocycles. The van der Waals surface area contributed by atoms with E-state index in [2.05, 4.69) is 33.3 Å². The van der Waals surface area contributed by atoms with Crippen molar-refractivity contribution in [1.82, 2.24) is 9.91 Å². The molecule has 1 fully saturated rings. The van der Waals surface area contributed by atoms with Crippen molar-refractivity contribution in [2.45, 2.75) is 0 Å². The van der Waals surface area contributed by atoms with Crippen LogP contribution in [0, 0.1) is 0 Å². The average Bonchev–Trinajstić information content (AvgIpc) is 2.32. The minimum Gasteiger partial charge on any atom is -0.478 e. The summed E-state index contributed by atoms with van der Waals surface area (Å²) in [4.78, 5) is 13.4. The van der Waals surface area contributed by atoms with E-state index >= 15 is 0 Å². The average molecular weight is 314 g/mol. The number of carbonyl (C=O) groups is 1. The highest BCUT2D eigenvalue weighted by Gasteiger charge is 2.16. The lowest BCUT2D eigenvalue weighted by Crippen LogP contribution is -2.47. The molecular formula is C12H16BrN3O2. The molecule has 2 N–H and O–H groups in total. The van der Waals surface area contributed by atoms with Gasteiger partial charge in [-0.15, -0.1) is 0 Å². The van der Waals surface area contributed by atoms with Crippen LogP contribution in [0.25, 0.3) is 0 Å². The number of rotatable bonds is 3. The van der Waals surface area contributed by atoms with E-state index < -0.39 is 5.97 Å². The normalized spacial score (nSPS) is 17.7. The largest absolute Gasteiger partial charge is 0.478 e. The van der Waals surface area contributed by atoms with Gasteiger partial charge in [0.2, 0.25) is 0 Å². The first kappa shape index (κ1) is 13.3. The van der Waals surface area contributed by atoms with E-state index in [1.807, 2.05) is 5.01 Å². The Kier molecular flexibility index (Phi) is 4.21. The molecule has 2 rings (SSSR count). The summed E-state index contributed by atoms with van der Waals surface area (Å²) < 4.78 is 0.865. The number of halogens is 1. The van der Waals surface area contributed by atoms with Crippen molar-refractivity contribution in [3.05, 3.63) is 28.2 Å². The number of benzene rings is 1. The first-order valence-corrected chi connectivity index (χ1v) is 6.58. The van der Waals surface area contributed by atoms with Crippen molar-refractivity contribution in [2.75, 3.05) is 38.7 Å². The highest BCUT2D eigenvalue weighted by molar-refractivity contribution is 9.10. The molecule has 0 atom stereocenters. The van der Waals surface area contributed by atoms with Crippen molar-refractivity contribution in [1.29, 1.82) is 0 Å². The Hall–Kier alpha value is -1.11. The Morgan fingerprint density at radius 3 is 2.61 bits per heavy atom. The van der Waals surface area contributed by atoms with Crippen LogP contribution in [-0.2, 0) is 0 Å². The summed E-state index contributed by atoms with van der Waals surface area (Å²) >= 11 is 3.36. The molecule has 1 heterocycles. The van der Waals surface area contributed by atoms with Crippen LogP contribution < -0.4 is 5.43 Å². The highest BCUT2D eigenvalue weighted by Crippen LogP contribution is 2.22. The molecule has 1 aliphatic heterocycles. The van der Waals surface area contributed by atoms with Gasteiger partial charge >= 0.3 is 5.97 Å². The Bertz CT molecular complexity index is 445. The number of aromatic carboxylic acids is 1. The monoisotopic (exact) mass is 313 g/mol. The number of hydrogen-bond donors (Lipinski definition) is 2. The number of nitrogens with one attached hydrogen (secondary N) is 1. The van der Waals surface area contributed by atoms with E-state index in [9.17, 15) is 4.79 Å². The SMILES string of the molecule is CN1CCN(Nc2cc(Br)ccc2C(=O)O)CC1. The zero-order chi connectivity index (χ0) is 13.1. The van der Waals surface area contributed by atoms with Crippen LogP contribution in [0.5, 0.6) is 0 Å². The number of hydrazine groups is 1. The fourth-order valence-electron chi connectivity index (χ4n) is 1.88. The minimum atomic E-state index is -0.917. The second-order valence-corrected chi connectivity index (χ2v) is 5.31. The molecule has 0 aromatic heterocycles. The van der Waals surface area contributed by atoms with Gasteiger partial charge in [-0.05, 0) is 25.2 Å². The van der Waals surface area contributed by atoms with Crippen LogP contribution in [-0.4, -0.2) is 54.2 Å². The zero-order valence-electron chi connectivity index (χ0n) is 10.2. The molecule has 6 heteroatoms. The summed E-state index contributed by atoms with van der Waals surface area (Å²) in [5.41, 5.74) is 4.10. The lowest BCUT2D eigenvalue weighted by molar-refractivity contribution is 0.0697. The molecule has 0 bridgehead atoms. The molecule has 98 valence electrons. The van der Waals surface area contributed by atoms with Crippen molar-refractivity contribution in [3.63, 3.8) is 0 Å². The van der Waals surface area contributed by atoms with Crippen LogP contribution in [0.1, 0.15) is 10.4 Å². The topological polar surface area (TPSA) is 55.8 Å². The van der Waals surface area contributed by atoms with Crippen LogP contribution >= 0.6 is 15.9 Å². The van der Waals surface area contributed by atoms with Gasteiger partial charge in [0.05, 0.1) is 11.3 Å². The summed E-state index contributed by atoms with van der Waals surface area (Å²) in [6, 6.07) is 5.13. The number of likely N-dealkylation sites (N-methyl/N-ethyl adjacent to an activating group) is 1. The van der Waals surface area contributed by atoms with Crippen LogP contribution in [0.2, 0.25) is 0 Å². The van der Waals surface area contributed by atoms with Crippen molar-refractivity contribution in [3.8, 4) is 0 Å². The van der Waals surface area contributed by atoms with Gasteiger partial charge in [-0.2, -0.15) is 0 Å². The van der Waals surface area contributed by atoms with E-state index in [4.69, 9.17) is 5.11 Å². The smallest absolute Gasteiger partial charge is 0.337 e. The molecule has 0 saturated carbocycles. The van der Waals surface area contributed by atoms with Gasteiger partial charge in [0.25, 0.3) is 0 Å². The molecule has 5 nitrogen and oxygen atoms in total. The first-order chi connectivity index (χ1) is 8.56. The van der Waals surface area contributed by atoms with Gasteiger partial charge in [0, 0.05) is 30.7 Å². The van der Waals surface area contributed by atoms with E-state index in [1.165, 1.54) is 0 Å². The maximum absolute atomic E-state index is 11.1. The standard InChI is InChI=1S/C12H16BrN3O2/c1-15-4-6-16(7-5-15)14-11-8-9(13)2-3-10(11)12(17)18/h2-3,8,14H,4-7H2,1H3,(H,17,18). The predicted octanol–water partition coefficient (Wildman–Crippen LogP) is 1.72. The fraction of sp³-hybridized carbons (Fsp3) is 0.417. The third kappa shape index (κ3) is 3.22. The van der Waals surface area contributed by atoms with E-state index in [1.54, 1.807) is 18.2 Å². The third-order valence-corrected chi connectivity index (χ3v) is 3.49. The third-order valence-electron chi connectivity index (χ3n) is 2.99. The lowest BCUT2D eigenvalue weighted by Gasteiger charge is -2.33. The molecule has 1 aliphatic rings. The molecule has 1 aromatic rings. The Balaban J connectivity index is 2.12. The fourth-order valence-corrected chi connectivity index (χ4v) is 2.25. The summed E-state index contributed by atoms with van der Waals surface area (Å²) in [5.74, 6) is -0.917. The number of anilines is 1. The number of hydrogen-bond acceptors (Lipinski definition) is 4. The van der Waals surface area contributed by atoms with Gasteiger partial charge < -0.3 is 15.4 Å². The van der Waals surface area contributed by atoms with Gasteiger partial charge in [-0.25, -0.2) is 9.80 Å². The molecule has 0 amide bonds. The number of carboxylic acid groups (broad SMARTS) is 1. The minimum absolute atomic E-state index is 0.289. The first-order valence-electron chi connectivity index (χ1n) is 5.79. The molecule has 18 heavy (non-hydrogen) atoms. The maximum Gasteiger partial charge on any atom is 0.337 e. The molecule has 0 radical (unpaired) electrons. The summed E-state index contributed by atoms with van der Waals surface area (Å²) in [5, 5.41) is 11.2. The Morgan fingerprint density at radius 2 is 2.00 bits per heavy atom. The van der Waals surface area contributed by atoms with Crippen LogP contribution in [0.15, 0.2) is 22.7 Å². The van der Waals surface area contributed by atoms with E-state index in [0.29, 0.717) is 5.69 Å². The predicted molar refractivity (Wildman–Crippen MR) is 73.8 cm³/mol. The van der Waals surface area contributed by atoms with Crippen molar-refractivity contribution >= 4 is 27.6 Å². The van der Waals surface area contributed by atoms with Gasteiger partial charge in [0.1, 0.15) is 0 Å². The molecule has 0 unspecified atom stereocenters. The quantitative estimate of drug-likeness (QED) is 0.890. The van der Waals surface area contributed by atoms with Gasteiger partial charge in [-0.1, -0.05) is 15.9 Å². The van der Waals surface area contributed by atoms with Gasteiger partial charge in [0.15, 0.2) is 0 Å². The Labute approximate surface area is 114 Å². The van der Waals surface area contributed by atoms with E-state index in [-0.39, 0.29) is 5.56 Å². The van der Waals surface area contributed by atoms with Crippen LogP contribution in [0.3, 0.4) is 0 Å². The molecular weight excluding hydrogens is 298 g/mol. The second kappa shape index (κ2) is 5.69. The highest BCUT2D eigenvalue weighted by atomic mass is 79.9. The molecule has 0 spiro atoms. The van der Waals surface area contributed by atoms with Gasteiger partial charge in [-0.3, -0.25) is 0 Å². The molecule has 1 saturated heterocycles. The number of piperazine rings is 1. The summed E-state index contributed by atoms with van der Waals surface area (Å²) in [6.45, 7) is 3.71.